The van der Waals surface area contributed by atoms with Gasteiger partial charge in [0.05, 0.1) is 0 Å². The number of hydrogen-bond acceptors (Lipinski definition) is 1. The molecule has 16 heavy (non-hydrogen) atoms. The standard InChI is InChI=1S/C12H15F2NO/c1-15(10-6-3-2-4-7-10)12(16)9-5-8-11(13)14/h2-4,6-7,11H,5,8-9H2,1H3. The van der Waals surface area contributed by atoms with E-state index in [0.717, 1.165) is 5.69 Å². The number of amides is 1. The Morgan fingerprint density at radius 1 is 1.31 bits per heavy atom. The van der Waals surface area contributed by atoms with E-state index in [1.807, 2.05) is 30.3 Å². The second-order valence-corrected chi connectivity index (χ2v) is 3.57. The number of hydrogen-bond donors (Lipinski definition) is 0. The van der Waals surface area contributed by atoms with Crippen LogP contribution in [-0.4, -0.2) is 19.4 Å². The first-order chi connectivity index (χ1) is 7.61. The van der Waals surface area contributed by atoms with Gasteiger partial charge in [-0.15, -0.1) is 0 Å². The molecule has 1 aromatic rings. The summed E-state index contributed by atoms with van der Waals surface area (Å²) in [4.78, 5) is 13.1. The number of nitrogens with zero attached hydrogens (tertiary/aromatic N) is 1. The Bertz CT molecular complexity index is 327. The molecule has 0 aliphatic heterocycles. The molecule has 1 aromatic carbocycles. The molecule has 0 heterocycles. The van der Waals surface area contributed by atoms with E-state index in [1.54, 1.807) is 7.05 Å². The third-order valence-corrected chi connectivity index (χ3v) is 2.33. The molecule has 2 nitrogen and oxygen atoms in total. The zero-order valence-corrected chi connectivity index (χ0v) is 9.20. The Labute approximate surface area is 93.9 Å². The zero-order valence-electron chi connectivity index (χ0n) is 9.20. The Morgan fingerprint density at radius 3 is 2.50 bits per heavy atom. The monoisotopic (exact) mass is 227 g/mol. The average Bonchev–Trinajstić information content (AvgIpc) is 2.28. The molecular weight excluding hydrogens is 212 g/mol. The fourth-order valence-electron chi connectivity index (χ4n) is 1.37. The molecule has 0 aromatic heterocycles. The first kappa shape index (κ1) is 12.6. The van der Waals surface area contributed by atoms with Crippen molar-refractivity contribution >= 4 is 11.6 Å². The maximum atomic E-state index is 11.9. The molecule has 0 spiro atoms. The van der Waals surface area contributed by atoms with Crippen molar-refractivity contribution in [3.05, 3.63) is 30.3 Å². The van der Waals surface area contributed by atoms with Gasteiger partial charge in [0.25, 0.3) is 0 Å². The van der Waals surface area contributed by atoms with E-state index in [-0.39, 0.29) is 25.2 Å². The van der Waals surface area contributed by atoms with Gasteiger partial charge in [-0.05, 0) is 18.6 Å². The van der Waals surface area contributed by atoms with E-state index in [9.17, 15) is 13.6 Å². The van der Waals surface area contributed by atoms with Crippen LogP contribution in [0.2, 0.25) is 0 Å². The SMILES string of the molecule is CN(C(=O)CCCC(F)F)c1ccccc1. The summed E-state index contributed by atoms with van der Waals surface area (Å²) >= 11 is 0. The molecule has 0 saturated carbocycles. The van der Waals surface area contributed by atoms with E-state index in [1.165, 1.54) is 4.90 Å². The number of benzene rings is 1. The second-order valence-electron chi connectivity index (χ2n) is 3.57. The van der Waals surface area contributed by atoms with Crippen LogP contribution in [0.3, 0.4) is 0 Å². The Kier molecular flexibility index (Phi) is 4.89. The number of halogens is 2. The number of alkyl halides is 2. The van der Waals surface area contributed by atoms with Crippen LogP contribution in [0.1, 0.15) is 19.3 Å². The predicted octanol–water partition coefficient (Wildman–Crippen LogP) is 3.08. The van der Waals surface area contributed by atoms with Crippen molar-refractivity contribution in [2.24, 2.45) is 0 Å². The molecule has 0 N–H and O–H groups in total. The van der Waals surface area contributed by atoms with Crippen molar-refractivity contribution < 1.29 is 13.6 Å². The van der Waals surface area contributed by atoms with Gasteiger partial charge in [0.15, 0.2) is 0 Å². The zero-order chi connectivity index (χ0) is 12.0. The van der Waals surface area contributed by atoms with Crippen molar-refractivity contribution in [2.75, 3.05) is 11.9 Å². The Balaban J connectivity index is 2.43. The van der Waals surface area contributed by atoms with Gasteiger partial charge in [0, 0.05) is 25.6 Å². The summed E-state index contributed by atoms with van der Waals surface area (Å²) in [5.41, 5.74) is 0.782. The lowest BCUT2D eigenvalue weighted by atomic mass is 10.2. The summed E-state index contributed by atoms with van der Waals surface area (Å²) in [6.45, 7) is 0. The topological polar surface area (TPSA) is 20.3 Å². The van der Waals surface area contributed by atoms with Gasteiger partial charge >= 0.3 is 0 Å². The van der Waals surface area contributed by atoms with Gasteiger partial charge in [0.2, 0.25) is 12.3 Å². The lowest BCUT2D eigenvalue weighted by Gasteiger charge is -2.16. The van der Waals surface area contributed by atoms with Crippen LogP contribution >= 0.6 is 0 Å². The normalized spacial score (nSPS) is 10.5. The van der Waals surface area contributed by atoms with Crippen molar-refractivity contribution in [1.82, 2.24) is 0 Å². The summed E-state index contributed by atoms with van der Waals surface area (Å²) in [6, 6.07) is 9.14. The van der Waals surface area contributed by atoms with Crippen LogP contribution in [0.4, 0.5) is 14.5 Å². The first-order valence-corrected chi connectivity index (χ1v) is 5.21. The van der Waals surface area contributed by atoms with Crippen LogP contribution < -0.4 is 4.90 Å². The van der Waals surface area contributed by atoms with E-state index in [2.05, 4.69) is 0 Å². The molecule has 0 radical (unpaired) electrons. The van der Waals surface area contributed by atoms with Crippen molar-refractivity contribution in [3.8, 4) is 0 Å². The summed E-state index contributed by atoms with van der Waals surface area (Å²) < 4.78 is 23.8. The molecular formula is C12H15F2NO. The molecule has 1 amide bonds. The minimum atomic E-state index is -2.32. The molecule has 88 valence electrons. The van der Waals surface area contributed by atoms with Gasteiger partial charge in [0.1, 0.15) is 0 Å². The highest BCUT2D eigenvalue weighted by atomic mass is 19.3. The third kappa shape index (κ3) is 3.96. The van der Waals surface area contributed by atoms with Crippen molar-refractivity contribution in [1.29, 1.82) is 0 Å². The van der Waals surface area contributed by atoms with Gasteiger partial charge in [-0.3, -0.25) is 4.79 Å². The van der Waals surface area contributed by atoms with Crippen LogP contribution in [0.15, 0.2) is 30.3 Å². The molecule has 0 fully saturated rings. The summed E-state index contributed by atoms with van der Waals surface area (Å²) in [5.74, 6) is -0.133. The number of para-hydroxylation sites is 1. The molecule has 0 aliphatic carbocycles. The van der Waals surface area contributed by atoms with E-state index < -0.39 is 6.43 Å². The van der Waals surface area contributed by atoms with Crippen molar-refractivity contribution in [2.45, 2.75) is 25.7 Å². The molecule has 0 bridgehead atoms. The van der Waals surface area contributed by atoms with Crippen LogP contribution in [-0.2, 0) is 4.79 Å². The van der Waals surface area contributed by atoms with Gasteiger partial charge in [-0.2, -0.15) is 0 Å². The predicted molar refractivity (Wildman–Crippen MR) is 59.7 cm³/mol. The van der Waals surface area contributed by atoms with Crippen LogP contribution in [0.5, 0.6) is 0 Å². The lowest BCUT2D eigenvalue weighted by molar-refractivity contribution is -0.118. The number of anilines is 1. The molecule has 0 unspecified atom stereocenters. The maximum Gasteiger partial charge on any atom is 0.238 e. The third-order valence-electron chi connectivity index (χ3n) is 2.33. The largest absolute Gasteiger partial charge is 0.316 e. The number of rotatable bonds is 5. The smallest absolute Gasteiger partial charge is 0.238 e. The number of carbonyl (C=O) groups is 1. The molecule has 4 heteroatoms. The van der Waals surface area contributed by atoms with Gasteiger partial charge in [-0.25, -0.2) is 8.78 Å². The molecule has 0 aliphatic rings. The van der Waals surface area contributed by atoms with Crippen LogP contribution in [0.25, 0.3) is 0 Å². The Morgan fingerprint density at radius 2 is 1.94 bits per heavy atom. The lowest BCUT2D eigenvalue weighted by Crippen LogP contribution is -2.25. The molecule has 0 saturated heterocycles. The van der Waals surface area contributed by atoms with Gasteiger partial charge < -0.3 is 4.90 Å². The minimum absolute atomic E-state index is 0.133. The summed E-state index contributed by atoms with van der Waals surface area (Å²) in [6.07, 6.45) is -2.15. The highest BCUT2D eigenvalue weighted by molar-refractivity contribution is 5.92. The van der Waals surface area contributed by atoms with Gasteiger partial charge in [-0.1, -0.05) is 18.2 Å². The highest BCUT2D eigenvalue weighted by Crippen LogP contribution is 2.14. The fraction of sp³-hybridized carbons (Fsp3) is 0.417. The highest BCUT2D eigenvalue weighted by Gasteiger charge is 2.11. The average molecular weight is 227 g/mol. The summed E-state index contributed by atoms with van der Waals surface area (Å²) in [7, 11) is 1.65. The minimum Gasteiger partial charge on any atom is -0.316 e. The van der Waals surface area contributed by atoms with E-state index in [4.69, 9.17) is 0 Å². The summed E-state index contributed by atoms with van der Waals surface area (Å²) in [5, 5.41) is 0. The Hall–Kier alpha value is -1.45. The van der Waals surface area contributed by atoms with E-state index in [0.29, 0.717) is 0 Å². The molecule has 0 atom stereocenters. The quantitative estimate of drug-likeness (QED) is 0.757. The fourth-order valence-corrected chi connectivity index (χ4v) is 1.37. The molecule has 1 rings (SSSR count). The first-order valence-electron chi connectivity index (χ1n) is 5.21. The van der Waals surface area contributed by atoms with Crippen molar-refractivity contribution in [3.63, 3.8) is 0 Å². The van der Waals surface area contributed by atoms with Crippen LogP contribution in [0, 0.1) is 0 Å². The maximum absolute atomic E-state index is 11.9. The number of carbonyl (C=O) groups excluding carboxylic acids is 1. The van der Waals surface area contributed by atoms with E-state index >= 15 is 0 Å². The second kappa shape index (κ2) is 6.20.